The number of benzene rings is 1. The summed E-state index contributed by atoms with van der Waals surface area (Å²) in [5.41, 5.74) is 7.70. The van der Waals surface area contributed by atoms with Crippen molar-refractivity contribution < 1.29 is 9.53 Å². The second-order valence-electron chi connectivity index (χ2n) is 4.05. The number of rotatable bonds is 4. The molecule has 3 nitrogen and oxygen atoms in total. The zero-order chi connectivity index (χ0) is 14.0. The molecule has 0 fully saturated rings. The third kappa shape index (κ3) is 2.74. The first kappa shape index (κ1) is 13.9. The van der Waals surface area contributed by atoms with E-state index in [2.05, 4.69) is 0 Å². The summed E-state index contributed by atoms with van der Waals surface area (Å²) in [5.74, 6) is 0.327. The first-order valence-electron chi connectivity index (χ1n) is 5.86. The van der Waals surface area contributed by atoms with E-state index in [1.807, 2.05) is 13.8 Å². The van der Waals surface area contributed by atoms with Crippen LogP contribution in [0.5, 0.6) is 5.75 Å². The summed E-state index contributed by atoms with van der Waals surface area (Å²) in [6, 6.07) is 6.96. The van der Waals surface area contributed by atoms with Crippen LogP contribution in [0.15, 0.2) is 24.3 Å². The number of thiophene rings is 1. The number of carbonyl (C=O) groups is 1. The molecule has 0 unspecified atom stereocenters. The van der Waals surface area contributed by atoms with E-state index >= 15 is 0 Å². The van der Waals surface area contributed by atoms with Gasteiger partial charge in [0.2, 0.25) is 5.78 Å². The molecule has 0 radical (unpaired) electrons. The van der Waals surface area contributed by atoms with Crippen LogP contribution in [0, 0.1) is 6.92 Å². The van der Waals surface area contributed by atoms with E-state index in [9.17, 15) is 4.79 Å². The second kappa shape index (κ2) is 5.63. The summed E-state index contributed by atoms with van der Waals surface area (Å²) in [6.45, 7) is 4.18. The number of halogens is 1. The van der Waals surface area contributed by atoms with Gasteiger partial charge in [0.15, 0.2) is 5.75 Å². The fraction of sp³-hybridized carbons (Fsp3) is 0.214. The lowest BCUT2D eigenvalue weighted by molar-refractivity contribution is 0.103. The molecule has 1 aromatic heterocycles. The molecule has 0 bridgehead atoms. The highest BCUT2D eigenvalue weighted by Crippen LogP contribution is 2.33. The molecular formula is C14H14ClNO2S. The maximum absolute atomic E-state index is 12.5. The van der Waals surface area contributed by atoms with Crippen molar-refractivity contribution in [3.63, 3.8) is 0 Å². The molecule has 2 N–H and O–H groups in total. The summed E-state index contributed by atoms with van der Waals surface area (Å²) >= 11 is 7.27. The molecule has 19 heavy (non-hydrogen) atoms. The predicted molar refractivity (Wildman–Crippen MR) is 79.5 cm³/mol. The first-order valence-corrected chi connectivity index (χ1v) is 7.06. The van der Waals surface area contributed by atoms with E-state index < -0.39 is 0 Å². The Morgan fingerprint density at radius 1 is 1.47 bits per heavy atom. The van der Waals surface area contributed by atoms with Gasteiger partial charge in [0, 0.05) is 0 Å². The van der Waals surface area contributed by atoms with Crippen molar-refractivity contribution in [2.24, 2.45) is 0 Å². The Labute approximate surface area is 121 Å². The first-order chi connectivity index (χ1) is 9.04. The van der Waals surface area contributed by atoms with Crippen LogP contribution in [0.25, 0.3) is 0 Å². The van der Waals surface area contributed by atoms with Crippen molar-refractivity contribution in [3.05, 3.63) is 44.6 Å². The molecule has 0 spiro atoms. The van der Waals surface area contributed by atoms with Gasteiger partial charge in [-0.15, -0.1) is 11.3 Å². The number of anilines is 1. The standard InChI is InChI=1S/C14H14ClNO2S/c1-3-18-13-9(5-4-6-10(13)16)12(17)11-7-8(2)14(15)19-11/h4-7H,3,16H2,1-2H3. The summed E-state index contributed by atoms with van der Waals surface area (Å²) in [5, 5.41) is 0. The topological polar surface area (TPSA) is 52.3 Å². The summed E-state index contributed by atoms with van der Waals surface area (Å²) in [7, 11) is 0. The van der Waals surface area contributed by atoms with Gasteiger partial charge in [0.1, 0.15) is 0 Å². The van der Waals surface area contributed by atoms with E-state index in [4.69, 9.17) is 22.1 Å². The molecule has 1 aromatic carbocycles. The molecule has 0 atom stereocenters. The zero-order valence-corrected chi connectivity index (χ0v) is 12.3. The van der Waals surface area contributed by atoms with Crippen LogP contribution in [-0.2, 0) is 0 Å². The highest BCUT2D eigenvalue weighted by atomic mass is 35.5. The highest BCUT2D eigenvalue weighted by Gasteiger charge is 2.19. The Morgan fingerprint density at radius 3 is 2.79 bits per heavy atom. The number of hydrogen-bond acceptors (Lipinski definition) is 4. The van der Waals surface area contributed by atoms with Crippen molar-refractivity contribution >= 4 is 34.4 Å². The Balaban J connectivity index is 2.46. The highest BCUT2D eigenvalue weighted by molar-refractivity contribution is 7.18. The molecule has 100 valence electrons. The van der Waals surface area contributed by atoms with Crippen LogP contribution in [0.1, 0.15) is 27.7 Å². The van der Waals surface area contributed by atoms with Gasteiger partial charge < -0.3 is 10.5 Å². The molecular weight excluding hydrogens is 282 g/mol. The molecule has 5 heteroatoms. The molecule has 0 aliphatic carbocycles. The Morgan fingerprint density at radius 2 is 2.21 bits per heavy atom. The van der Waals surface area contributed by atoms with Crippen molar-refractivity contribution in [1.82, 2.24) is 0 Å². The summed E-state index contributed by atoms with van der Waals surface area (Å²) < 4.78 is 6.10. The Bertz CT molecular complexity index is 602. The van der Waals surface area contributed by atoms with Crippen molar-refractivity contribution in [3.8, 4) is 5.75 Å². The van der Waals surface area contributed by atoms with E-state index in [1.165, 1.54) is 11.3 Å². The van der Waals surface area contributed by atoms with Gasteiger partial charge in [-0.25, -0.2) is 0 Å². The van der Waals surface area contributed by atoms with Crippen molar-refractivity contribution in [2.45, 2.75) is 13.8 Å². The number of para-hydroxylation sites is 1. The maximum atomic E-state index is 12.5. The maximum Gasteiger partial charge on any atom is 0.206 e. The number of carbonyl (C=O) groups excluding carboxylic acids is 1. The minimum Gasteiger partial charge on any atom is -0.491 e. The van der Waals surface area contributed by atoms with Gasteiger partial charge in [-0.05, 0) is 37.6 Å². The number of ether oxygens (including phenoxy) is 1. The SMILES string of the molecule is CCOc1c(N)cccc1C(=O)c1cc(C)c(Cl)s1. The third-order valence-corrected chi connectivity index (χ3v) is 4.21. The molecule has 0 amide bonds. The third-order valence-electron chi connectivity index (χ3n) is 2.66. The van der Waals surface area contributed by atoms with Crippen LogP contribution < -0.4 is 10.5 Å². The lowest BCUT2D eigenvalue weighted by atomic mass is 10.1. The summed E-state index contributed by atoms with van der Waals surface area (Å²) in [4.78, 5) is 13.1. The van der Waals surface area contributed by atoms with E-state index in [0.717, 1.165) is 5.56 Å². The van der Waals surface area contributed by atoms with Crippen molar-refractivity contribution in [1.29, 1.82) is 0 Å². The minimum absolute atomic E-state index is 0.115. The molecule has 1 heterocycles. The largest absolute Gasteiger partial charge is 0.491 e. The van der Waals surface area contributed by atoms with Crippen LogP contribution in [0.2, 0.25) is 4.34 Å². The smallest absolute Gasteiger partial charge is 0.206 e. The average Bonchev–Trinajstić information content (AvgIpc) is 2.71. The van der Waals surface area contributed by atoms with E-state index in [0.29, 0.717) is 32.8 Å². The lowest BCUT2D eigenvalue weighted by Crippen LogP contribution is -2.06. The summed E-state index contributed by atoms with van der Waals surface area (Å²) in [6.07, 6.45) is 0. The molecule has 2 rings (SSSR count). The number of nitrogen functional groups attached to an aromatic ring is 1. The molecule has 0 saturated heterocycles. The van der Waals surface area contributed by atoms with E-state index in [1.54, 1.807) is 24.3 Å². The lowest BCUT2D eigenvalue weighted by Gasteiger charge is -2.11. The van der Waals surface area contributed by atoms with E-state index in [-0.39, 0.29) is 5.78 Å². The monoisotopic (exact) mass is 295 g/mol. The normalized spacial score (nSPS) is 10.5. The second-order valence-corrected chi connectivity index (χ2v) is 5.71. The van der Waals surface area contributed by atoms with Gasteiger partial charge in [-0.1, -0.05) is 17.7 Å². The van der Waals surface area contributed by atoms with Crippen LogP contribution >= 0.6 is 22.9 Å². The van der Waals surface area contributed by atoms with Crippen molar-refractivity contribution in [2.75, 3.05) is 12.3 Å². The minimum atomic E-state index is -0.115. The zero-order valence-electron chi connectivity index (χ0n) is 10.7. The molecule has 0 aliphatic heterocycles. The molecule has 0 aliphatic rings. The number of hydrogen-bond donors (Lipinski definition) is 1. The van der Waals surface area contributed by atoms with Gasteiger partial charge in [0.05, 0.1) is 27.1 Å². The fourth-order valence-electron chi connectivity index (χ4n) is 1.74. The van der Waals surface area contributed by atoms with Gasteiger partial charge in [-0.3, -0.25) is 4.79 Å². The number of nitrogens with two attached hydrogens (primary N) is 1. The quantitative estimate of drug-likeness (QED) is 0.687. The molecule has 0 saturated carbocycles. The Hall–Kier alpha value is -1.52. The van der Waals surface area contributed by atoms with Crippen LogP contribution in [-0.4, -0.2) is 12.4 Å². The predicted octanol–water partition coefficient (Wildman–Crippen LogP) is 3.92. The van der Waals surface area contributed by atoms with Gasteiger partial charge in [-0.2, -0.15) is 0 Å². The van der Waals surface area contributed by atoms with Crippen LogP contribution in [0.4, 0.5) is 5.69 Å². The molecule has 2 aromatic rings. The Kier molecular flexibility index (Phi) is 4.12. The van der Waals surface area contributed by atoms with Crippen LogP contribution in [0.3, 0.4) is 0 Å². The fourth-order valence-corrected chi connectivity index (χ4v) is 2.90. The number of ketones is 1. The average molecular weight is 296 g/mol. The van der Waals surface area contributed by atoms with Gasteiger partial charge in [0.25, 0.3) is 0 Å². The van der Waals surface area contributed by atoms with Gasteiger partial charge >= 0.3 is 0 Å². The number of aryl methyl sites for hydroxylation is 1.